The Morgan fingerprint density at radius 3 is 2.39 bits per heavy atom. The highest BCUT2D eigenvalue weighted by Gasteiger charge is 2.40. The Hall–Kier alpha value is -0.130. The molecule has 2 atom stereocenters. The van der Waals surface area contributed by atoms with Gasteiger partial charge in [0.15, 0.2) is 9.84 Å². The van der Waals surface area contributed by atoms with E-state index in [0.717, 1.165) is 25.7 Å². The first-order valence-electron chi connectivity index (χ1n) is 6.75. The van der Waals surface area contributed by atoms with Crippen LogP contribution in [-0.4, -0.2) is 36.7 Å². The van der Waals surface area contributed by atoms with Crippen molar-refractivity contribution in [1.82, 2.24) is 0 Å². The maximum atomic E-state index is 12.1. The van der Waals surface area contributed by atoms with Crippen molar-refractivity contribution in [2.45, 2.75) is 63.7 Å². The zero-order chi connectivity index (χ0) is 14.0. The van der Waals surface area contributed by atoms with Crippen molar-refractivity contribution in [2.24, 2.45) is 11.1 Å². The second kappa shape index (κ2) is 5.47. The van der Waals surface area contributed by atoms with E-state index in [0.29, 0.717) is 13.0 Å². The van der Waals surface area contributed by atoms with Crippen molar-refractivity contribution in [3.63, 3.8) is 0 Å². The number of aliphatic hydroxyl groups is 1. The van der Waals surface area contributed by atoms with E-state index in [1.165, 1.54) is 0 Å². The minimum Gasteiger partial charge on any atom is -0.393 e. The molecular weight excluding hydrogens is 250 g/mol. The van der Waals surface area contributed by atoms with Gasteiger partial charge in [0.2, 0.25) is 0 Å². The lowest BCUT2D eigenvalue weighted by Crippen LogP contribution is -2.46. The van der Waals surface area contributed by atoms with Crippen molar-refractivity contribution >= 4 is 9.84 Å². The van der Waals surface area contributed by atoms with Crippen LogP contribution in [0, 0.1) is 5.41 Å². The summed E-state index contributed by atoms with van der Waals surface area (Å²) in [6.45, 7) is 5.52. The maximum absolute atomic E-state index is 12.1. The lowest BCUT2D eigenvalue weighted by molar-refractivity contribution is -0.00806. The molecule has 4 nitrogen and oxygen atoms in total. The molecule has 0 amide bonds. The summed E-state index contributed by atoms with van der Waals surface area (Å²) in [6, 6.07) is 0. The van der Waals surface area contributed by atoms with Gasteiger partial charge in [0, 0.05) is 12.0 Å². The fourth-order valence-electron chi connectivity index (χ4n) is 2.56. The summed E-state index contributed by atoms with van der Waals surface area (Å²) < 4.78 is 23.5. The summed E-state index contributed by atoms with van der Waals surface area (Å²) >= 11 is 0. The highest BCUT2D eigenvalue weighted by molar-refractivity contribution is 7.92. The van der Waals surface area contributed by atoms with Gasteiger partial charge in [0.25, 0.3) is 0 Å². The molecule has 0 bridgehead atoms. The predicted molar refractivity (Wildman–Crippen MR) is 74.1 cm³/mol. The Morgan fingerprint density at radius 1 is 1.33 bits per heavy atom. The number of rotatable bonds is 4. The van der Waals surface area contributed by atoms with Crippen LogP contribution in [0.15, 0.2) is 0 Å². The van der Waals surface area contributed by atoms with Crippen molar-refractivity contribution in [1.29, 1.82) is 0 Å². The topological polar surface area (TPSA) is 80.4 Å². The highest BCUT2D eigenvalue weighted by Crippen LogP contribution is 2.39. The van der Waals surface area contributed by atoms with E-state index in [2.05, 4.69) is 0 Å². The van der Waals surface area contributed by atoms with E-state index < -0.39 is 26.1 Å². The smallest absolute Gasteiger partial charge is 0.155 e. The van der Waals surface area contributed by atoms with Crippen LogP contribution < -0.4 is 5.73 Å². The van der Waals surface area contributed by atoms with Crippen molar-refractivity contribution in [3.05, 3.63) is 0 Å². The van der Waals surface area contributed by atoms with E-state index >= 15 is 0 Å². The summed E-state index contributed by atoms with van der Waals surface area (Å²) in [7, 11) is -3.14. The molecule has 0 heterocycles. The minimum absolute atomic E-state index is 0.116. The van der Waals surface area contributed by atoms with Crippen LogP contribution in [0.5, 0.6) is 0 Å². The lowest BCUT2D eigenvalue weighted by atomic mass is 9.70. The Morgan fingerprint density at radius 2 is 1.94 bits per heavy atom. The Labute approximate surface area is 111 Å². The molecular formula is C13H27NO3S. The van der Waals surface area contributed by atoms with E-state index in [9.17, 15) is 13.5 Å². The number of hydrogen-bond acceptors (Lipinski definition) is 4. The average molecular weight is 277 g/mol. The quantitative estimate of drug-likeness (QED) is 0.815. The van der Waals surface area contributed by atoms with Gasteiger partial charge in [0.05, 0.1) is 16.6 Å². The predicted octanol–water partition coefficient (Wildman–Crippen LogP) is 1.47. The van der Waals surface area contributed by atoms with Crippen LogP contribution in [0.2, 0.25) is 0 Å². The standard InChI is InChI=1S/C13H27NO3S/c1-12(2,3)18(16,17)9-8-13(10-14)7-5-4-6-11(13)15/h11,15H,4-10,14H2,1-3H3. The zero-order valence-corrected chi connectivity index (χ0v) is 12.6. The van der Waals surface area contributed by atoms with Gasteiger partial charge in [-0.3, -0.25) is 0 Å². The first kappa shape index (κ1) is 15.9. The van der Waals surface area contributed by atoms with Crippen LogP contribution in [0.1, 0.15) is 52.9 Å². The average Bonchev–Trinajstić information content (AvgIpc) is 2.27. The van der Waals surface area contributed by atoms with Gasteiger partial charge in [0.1, 0.15) is 0 Å². The summed E-state index contributed by atoms with van der Waals surface area (Å²) in [5, 5.41) is 10.1. The van der Waals surface area contributed by atoms with Crippen molar-refractivity contribution < 1.29 is 13.5 Å². The Kier molecular flexibility index (Phi) is 4.84. The third kappa shape index (κ3) is 3.25. The van der Waals surface area contributed by atoms with Gasteiger partial charge in [-0.1, -0.05) is 12.8 Å². The summed E-state index contributed by atoms with van der Waals surface area (Å²) in [5.41, 5.74) is 5.42. The minimum atomic E-state index is -3.14. The first-order valence-corrected chi connectivity index (χ1v) is 8.40. The molecule has 0 aromatic heterocycles. The number of hydrogen-bond donors (Lipinski definition) is 2. The third-order valence-electron chi connectivity index (χ3n) is 4.32. The van der Waals surface area contributed by atoms with E-state index in [1.54, 1.807) is 20.8 Å². The second-order valence-electron chi connectivity index (χ2n) is 6.51. The second-order valence-corrected chi connectivity index (χ2v) is 9.37. The summed E-state index contributed by atoms with van der Waals surface area (Å²) in [5.74, 6) is 0.116. The van der Waals surface area contributed by atoms with Crippen molar-refractivity contribution in [2.75, 3.05) is 12.3 Å². The van der Waals surface area contributed by atoms with Crippen LogP contribution in [-0.2, 0) is 9.84 Å². The molecule has 0 aromatic carbocycles. The Bertz CT molecular complexity index is 372. The number of sulfone groups is 1. The number of aliphatic hydroxyl groups excluding tert-OH is 1. The molecule has 1 rings (SSSR count). The summed E-state index contributed by atoms with van der Waals surface area (Å²) in [4.78, 5) is 0. The molecule has 3 N–H and O–H groups in total. The molecule has 18 heavy (non-hydrogen) atoms. The largest absolute Gasteiger partial charge is 0.393 e. The van der Waals surface area contributed by atoms with E-state index in [4.69, 9.17) is 5.73 Å². The van der Waals surface area contributed by atoms with Gasteiger partial charge in [-0.25, -0.2) is 8.42 Å². The SMILES string of the molecule is CC(C)(C)S(=O)(=O)CCC1(CN)CCCCC1O. The molecule has 0 spiro atoms. The molecule has 2 unspecified atom stereocenters. The lowest BCUT2D eigenvalue weighted by Gasteiger charge is -2.41. The first-order chi connectivity index (χ1) is 8.15. The van der Waals surface area contributed by atoms with Gasteiger partial charge >= 0.3 is 0 Å². The molecule has 1 fully saturated rings. The molecule has 1 aliphatic carbocycles. The molecule has 1 saturated carbocycles. The van der Waals surface area contributed by atoms with Gasteiger partial charge < -0.3 is 10.8 Å². The normalized spacial score (nSPS) is 30.4. The maximum Gasteiger partial charge on any atom is 0.155 e. The molecule has 0 aliphatic heterocycles. The third-order valence-corrected chi connectivity index (χ3v) is 6.92. The molecule has 0 aromatic rings. The van der Waals surface area contributed by atoms with E-state index in [1.807, 2.05) is 0 Å². The van der Waals surface area contributed by atoms with E-state index in [-0.39, 0.29) is 5.75 Å². The zero-order valence-electron chi connectivity index (χ0n) is 11.8. The van der Waals surface area contributed by atoms with Crippen LogP contribution in [0.3, 0.4) is 0 Å². The van der Waals surface area contributed by atoms with Crippen LogP contribution in [0.4, 0.5) is 0 Å². The summed E-state index contributed by atoms with van der Waals surface area (Å²) in [6.07, 6.45) is 3.64. The fourth-order valence-corrected chi connectivity index (χ4v) is 3.85. The monoisotopic (exact) mass is 277 g/mol. The molecule has 0 saturated heterocycles. The number of nitrogens with two attached hydrogens (primary N) is 1. The van der Waals surface area contributed by atoms with Crippen molar-refractivity contribution in [3.8, 4) is 0 Å². The molecule has 1 aliphatic rings. The van der Waals surface area contributed by atoms with Crippen LogP contribution >= 0.6 is 0 Å². The molecule has 108 valence electrons. The van der Waals surface area contributed by atoms with Gasteiger partial charge in [-0.05, 0) is 40.0 Å². The fraction of sp³-hybridized carbons (Fsp3) is 1.00. The van der Waals surface area contributed by atoms with Crippen LogP contribution in [0.25, 0.3) is 0 Å². The Balaban J connectivity index is 2.76. The molecule has 0 radical (unpaired) electrons. The van der Waals surface area contributed by atoms with Gasteiger partial charge in [-0.15, -0.1) is 0 Å². The van der Waals surface area contributed by atoms with Gasteiger partial charge in [-0.2, -0.15) is 0 Å². The highest BCUT2D eigenvalue weighted by atomic mass is 32.2. The molecule has 5 heteroatoms.